The second-order valence-electron chi connectivity index (χ2n) is 6.76. The average Bonchev–Trinajstić information content (AvgIpc) is 3.13. The quantitative estimate of drug-likeness (QED) is 0.656. The Balaban J connectivity index is 1.59. The van der Waals surface area contributed by atoms with E-state index < -0.39 is 16.2 Å². The van der Waals surface area contributed by atoms with Gasteiger partial charge in [0.2, 0.25) is 0 Å². The summed E-state index contributed by atoms with van der Waals surface area (Å²) in [5.74, 6) is 1.20. The van der Waals surface area contributed by atoms with Crippen molar-refractivity contribution in [2.75, 3.05) is 40.2 Å². The first-order chi connectivity index (χ1) is 14.2. The van der Waals surface area contributed by atoms with E-state index in [0.29, 0.717) is 36.1 Å². The number of methoxy groups -OCH3 is 2. The molecule has 1 aliphatic rings. The van der Waals surface area contributed by atoms with Gasteiger partial charge in [0.15, 0.2) is 16.6 Å². The number of nitrogens with one attached hydrogen (secondary N) is 2. The lowest BCUT2D eigenvalue weighted by Crippen LogP contribution is -2.42. The number of aromatic nitrogens is 1. The molecule has 2 aromatic rings. The number of benzene rings is 1. The molecule has 1 aromatic heterocycles. The summed E-state index contributed by atoms with van der Waals surface area (Å²) in [5.41, 5.74) is 1.67. The number of hydrogen-bond acceptors (Lipinski definition) is 7. The van der Waals surface area contributed by atoms with Crippen molar-refractivity contribution in [3.8, 4) is 11.5 Å². The maximum absolute atomic E-state index is 12.3. The number of rotatable bonds is 7. The summed E-state index contributed by atoms with van der Waals surface area (Å²) in [4.78, 5) is 17.5. The molecule has 30 heavy (non-hydrogen) atoms. The Bertz CT molecular complexity index is 1020. The molecule has 0 atom stereocenters. The van der Waals surface area contributed by atoms with Crippen molar-refractivity contribution >= 4 is 32.7 Å². The fourth-order valence-corrected chi connectivity index (χ4v) is 5.14. The van der Waals surface area contributed by atoms with E-state index in [4.69, 9.17) is 9.47 Å². The van der Waals surface area contributed by atoms with E-state index in [9.17, 15) is 13.2 Å². The van der Waals surface area contributed by atoms with Crippen molar-refractivity contribution in [3.63, 3.8) is 0 Å². The lowest BCUT2D eigenvalue weighted by Gasteiger charge is -2.27. The second-order valence-corrected chi connectivity index (χ2v) is 9.99. The molecule has 0 fully saturated rings. The number of amides is 2. The van der Waals surface area contributed by atoms with Crippen molar-refractivity contribution in [3.05, 3.63) is 34.3 Å². The molecule has 12 heteroatoms. The van der Waals surface area contributed by atoms with Crippen molar-refractivity contribution in [1.82, 2.24) is 18.9 Å². The van der Waals surface area contributed by atoms with Crippen LogP contribution in [0.2, 0.25) is 0 Å². The third-order valence-corrected chi connectivity index (χ3v) is 7.49. The summed E-state index contributed by atoms with van der Waals surface area (Å²) in [7, 11) is 2.65. The van der Waals surface area contributed by atoms with Crippen LogP contribution in [0.1, 0.15) is 16.1 Å². The zero-order chi connectivity index (χ0) is 21.9. The third-order valence-electron chi connectivity index (χ3n) is 4.61. The molecule has 0 radical (unpaired) electrons. The Labute approximate surface area is 180 Å². The summed E-state index contributed by atoms with van der Waals surface area (Å²) in [6.45, 7) is 0.913. The largest absolute Gasteiger partial charge is 0.493 e. The molecule has 0 unspecified atom stereocenters. The Hall–Kier alpha value is -2.41. The van der Waals surface area contributed by atoms with Gasteiger partial charge in [-0.2, -0.15) is 17.0 Å². The topological polar surface area (TPSA) is 113 Å². The van der Waals surface area contributed by atoms with E-state index in [1.165, 1.54) is 34.0 Å². The highest BCUT2D eigenvalue weighted by molar-refractivity contribution is 7.86. The van der Waals surface area contributed by atoms with E-state index in [-0.39, 0.29) is 6.54 Å². The SMILES string of the molecule is COc1ccc(CNC(=O)Nc2nc3c(s2)CN(S(=O)(=O)N(C)C)CC3)cc1OC. The molecule has 2 heterocycles. The van der Waals surface area contributed by atoms with E-state index in [0.717, 1.165) is 16.1 Å². The number of hydrogen-bond donors (Lipinski definition) is 2. The number of fused-ring (bicyclic) bond motifs is 1. The predicted octanol–water partition coefficient (Wildman–Crippen LogP) is 1.65. The summed E-state index contributed by atoms with van der Waals surface area (Å²) < 4.78 is 37.7. The average molecular weight is 456 g/mol. The van der Waals surface area contributed by atoms with Crippen LogP contribution in [0.3, 0.4) is 0 Å². The van der Waals surface area contributed by atoms with Crippen LogP contribution in [0.4, 0.5) is 9.93 Å². The standard InChI is InChI=1S/C18H25N5O5S2/c1-22(2)30(25,26)23-8-7-13-16(11-23)29-18(20-13)21-17(24)19-10-12-5-6-14(27-3)15(9-12)28-4/h5-6,9H,7-8,10-11H2,1-4H3,(H2,19,20,21,24). The van der Waals surface area contributed by atoms with Crippen LogP contribution in [0.5, 0.6) is 11.5 Å². The van der Waals surface area contributed by atoms with Crippen molar-refractivity contribution in [1.29, 1.82) is 0 Å². The van der Waals surface area contributed by atoms with Crippen LogP contribution in [-0.4, -0.2) is 62.9 Å². The minimum absolute atomic E-state index is 0.252. The number of anilines is 1. The minimum atomic E-state index is -3.48. The van der Waals surface area contributed by atoms with Crippen LogP contribution in [-0.2, 0) is 29.7 Å². The van der Waals surface area contributed by atoms with Crippen molar-refractivity contribution in [2.45, 2.75) is 19.5 Å². The fraction of sp³-hybridized carbons (Fsp3) is 0.444. The van der Waals surface area contributed by atoms with Crippen molar-refractivity contribution < 1.29 is 22.7 Å². The number of ether oxygens (including phenoxy) is 2. The van der Waals surface area contributed by atoms with Gasteiger partial charge in [0.05, 0.1) is 26.5 Å². The Kier molecular flexibility index (Phi) is 6.81. The molecule has 10 nitrogen and oxygen atoms in total. The van der Waals surface area contributed by atoms with E-state index in [1.807, 2.05) is 6.07 Å². The highest BCUT2D eigenvalue weighted by Gasteiger charge is 2.30. The van der Waals surface area contributed by atoms with Gasteiger partial charge in [-0.25, -0.2) is 9.78 Å². The van der Waals surface area contributed by atoms with Crippen LogP contribution >= 0.6 is 11.3 Å². The smallest absolute Gasteiger partial charge is 0.321 e. The lowest BCUT2D eigenvalue weighted by molar-refractivity contribution is 0.251. The van der Waals surface area contributed by atoms with Crippen molar-refractivity contribution in [2.24, 2.45) is 0 Å². The fourth-order valence-electron chi connectivity index (χ4n) is 2.97. The first-order valence-corrected chi connectivity index (χ1v) is 11.4. The van der Waals surface area contributed by atoms with Gasteiger partial charge < -0.3 is 14.8 Å². The first kappa shape index (κ1) is 22.3. The van der Waals surface area contributed by atoms with Gasteiger partial charge in [-0.05, 0) is 17.7 Å². The Morgan fingerprint density at radius 3 is 2.67 bits per heavy atom. The molecular weight excluding hydrogens is 430 g/mol. The minimum Gasteiger partial charge on any atom is -0.493 e. The van der Waals surface area contributed by atoms with Gasteiger partial charge in [-0.15, -0.1) is 0 Å². The predicted molar refractivity (Wildman–Crippen MR) is 114 cm³/mol. The highest BCUT2D eigenvalue weighted by atomic mass is 32.2. The zero-order valence-corrected chi connectivity index (χ0v) is 18.9. The van der Waals surface area contributed by atoms with Crippen LogP contribution in [0, 0.1) is 0 Å². The Morgan fingerprint density at radius 2 is 2.00 bits per heavy atom. The molecular formula is C18H25N5O5S2. The normalized spacial score (nSPS) is 14.3. The van der Waals surface area contributed by atoms with Crippen LogP contribution in [0.25, 0.3) is 0 Å². The number of carbonyl (C=O) groups is 1. The molecule has 2 amide bonds. The maximum atomic E-state index is 12.3. The zero-order valence-electron chi connectivity index (χ0n) is 17.3. The van der Waals surface area contributed by atoms with Gasteiger partial charge in [-0.1, -0.05) is 17.4 Å². The molecule has 1 aliphatic heterocycles. The second kappa shape index (κ2) is 9.16. The van der Waals surface area contributed by atoms with Crippen LogP contribution in [0.15, 0.2) is 18.2 Å². The third kappa shape index (κ3) is 4.83. The monoisotopic (exact) mass is 455 g/mol. The summed E-state index contributed by atoms with van der Waals surface area (Å²) >= 11 is 1.28. The van der Waals surface area contributed by atoms with Gasteiger partial charge in [0.1, 0.15) is 0 Å². The van der Waals surface area contributed by atoms with E-state index in [1.54, 1.807) is 26.4 Å². The molecule has 1 aromatic carbocycles. The summed E-state index contributed by atoms with van der Waals surface area (Å²) in [6.07, 6.45) is 0.508. The number of nitrogens with zero attached hydrogens (tertiary/aromatic N) is 3. The summed E-state index contributed by atoms with van der Waals surface area (Å²) in [6, 6.07) is 5.01. The lowest BCUT2D eigenvalue weighted by atomic mass is 10.2. The molecule has 2 N–H and O–H groups in total. The molecule has 0 aliphatic carbocycles. The van der Waals surface area contributed by atoms with Gasteiger partial charge >= 0.3 is 6.03 Å². The maximum Gasteiger partial charge on any atom is 0.321 e. The van der Waals surface area contributed by atoms with E-state index in [2.05, 4.69) is 15.6 Å². The van der Waals surface area contributed by atoms with E-state index >= 15 is 0 Å². The molecule has 164 valence electrons. The van der Waals surface area contributed by atoms with Gasteiger partial charge in [0, 0.05) is 38.5 Å². The number of urea groups is 1. The molecule has 3 rings (SSSR count). The molecule has 0 spiro atoms. The summed E-state index contributed by atoms with van der Waals surface area (Å²) in [5, 5.41) is 5.93. The van der Waals surface area contributed by atoms with Gasteiger partial charge in [-0.3, -0.25) is 5.32 Å². The molecule has 0 saturated heterocycles. The highest BCUT2D eigenvalue weighted by Crippen LogP contribution is 2.30. The first-order valence-electron chi connectivity index (χ1n) is 9.16. The number of carbonyl (C=O) groups excluding carboxylic acids is 1. The number of thiazole rings is 1. The Morgan fingerprint density at radius 1 is 1.27 bits per heavy atom. The van der Waals surface area contributed by atoms with Gasteiger partial charge in [0.25, 0.3) is 10.2 Å². The molecule has 0 bridgehead atoms. The van der Waals surface area contributed by atoms with Crippen LogP contribution < -0.4 is 20.1 Å². The molecule has 0 saturated carbocycles.